The van der Waals surface area contributed by atoms with Crippen LogP contribution < -0.4 is 5.63 Å². The van der Waals surface area contributed by atoms with Gasteiger partial charge in [-0.15, -0.1) is 0 Å². The Bertz CT molecular complexity index is 1110. The van der Waals surface area contributed by atoms with Crippen molar-refractivity contribution in [2.45, 2.75) is 123 Å². The first-order chi connectivity index (χ1) is 18.1. The van der Waals surface area contributed by atoms with Crippen molar-refractivity contribution in [3.63, 3.8) is 0 Å². The first-order valence-electron chi connectivity index (χ1n) is 15.0. The van der Waals surface area contributed by atoms with Crippen LogP contribution in [0.25, 0.3) is 21.9 Å². The molecule has 1 aromatic heterocycles. The van der Waals surface area contributed by atoms with Crippen LogP contribution >= 0.6 is 0 Å². The first-order valence-corrected chi connectivity index (χ1v) is 15.0. The molecule has 0 amide bonds. The van der Waals surface area contributed by atoms with Crippen molar-refractivity contribution >= 4 is 10.8 Å². The molecule has 0 saturated carbocycles. The van der Waals surface area contributed by atoms with Crippen LogP contribution in [0, 0.1) is 5.82 Å². The van der Waals surface area contributed by atoms with E-state index in [1.807, 2.05) is 24.3 Å². The molecule has 0 fully saturated rings. The van der Waals surface area contributed by atoms with Crippen LogP contribution in [0.3, 0.4) is 0 Å². The molecule has 0 spiro atoms. The number of hydrogen-bond acceptors (Lipinski definition) is 2. The van der Waals surface area contributed by atoms with Crippen molar-refractivity contribution in [2.75, 3.05) is 0 Å². The molecular formula is C34H47FO2. The van der Waals surface area contributed by atoms with Gasteiger partial charge in [0.2, 0.25) is 0 Å². The fraction of sp³-hybridized carbons (Fsp3) is 0.559. The average molecular weight is 507 g/mol. The maximum atomic E-state index is 15.4. The smallest absolute Gasteiger partial charge is 0.346 e. The summed E-state index contributed by atoms with van der Waals surface area (Å²) in [7, 11) is 0. The third-order valence-electron chi connectivity index (χ3n) is 7.53. The zero-order chi connectivity index (χ0) is 26.3. The van der Waals surface area contributed by atoms with Crippen molar-refractivity contribution in [1.29, 1.82) is 0 Å². The van der Waals surface area contributed by atoms with Crippen LogP contribution in [-0.2, 0) is 12.8 Å². The fourth-order valence-corrected chi connectivity index (χ4v) is 5.21. The van der Waals surface area contributed by atoms with E-state index in [9.17, 15) is 4.79 Å². The van der Waals surface area contributed by atoms with Gasteiger partial charge in [-0.05, 0) is 41.8 Å². The Morgan fingerprint density at radius 1 is 0.649 bits per heavy atom. The Balaban J connectivity index is 1.53. The van der Waals surface area contributed by atoms with Crippen LogP contribution in [0.15, 0.2) is 51.7 Å². The number of halogens is 1. The molecule has 1 heterocycles. The van der Waals surface area contributed by atoms with E-state index in [1.165, 1.54) is 89.0 Å². The summed E-state index contributed by atoms with van der Waals surface area (Å²) in [5.74, 6) is 0.171. The van der Waals surface area contributed by atoms with Crippen molar-refractivity contribution in [1.82, 2.24) is 0 Å². The molecule has 0 unspecified atom stereocenters. The molecule has 0 N–H and O–H groups in total. The van der Waals surface area contributed by atoms with Gasteiger partial charge in [-0.25, -0.2) is 9.18 Å². The Kier molecular flexibility index (Phi) is 12.9. The summed E-state index contributed by atoms with van der Waals surface area (Å²) in [6.07, 6.45) is 20.8. The number of unbranched alkanes of at least 4 members (excludes halogenated alkanes) is 13. The van der Waals surface area contributed by atoms with Gasteiger partial charge in [-0.1, -0.05) is 134 Å². The summed E-state index contributed by atoms with van der Waals surface area (Å²) in [6, 6.07) is 13.6. The van der Waals surface area contributed by atoms with Gasteiger partial charge in [0.25, 0.3) is 0 Å². The van der Waals surface area contributed by atoms with Crippen molar-refractivity contribution < 1.29 is 8.81 Å². The molecule has 0 aliphatic heterocycles. The van der Waals surface area contributed by atoms with Gasteiger partial charge >= 0.3 is 5.63 Å². The molecule has 0 atom stereocenters. The van der Waals surface area contributed by atoms with E-state index >= 15 is 4.39 Å². The van der Waals surface area contributed by atoms with Gasteiger partial charge in [0.1, 0.15) is 17.0 Å². The van der Waals surface area contributed by atoms with Gasteiger partial charge in [-0.3, -0.25) is 0 Å². The van der Waals surface area contributed by atoms with Gasteiger partial charge in [0.15, 0.2) is 0 Å². The molecule has 0 bridgehead atoms. The van der Waals surface area contributed by atoms with E-state index in [1.54, 1.807) is 6.07 Å². The Labute approximate surface area is 223 Å². The van der Waals surface area contributed by atoms with Gasteiger partial charge in [-0.2, -0.15) is 0 Å². The van der Waals surface area contributed by atoms with Crippen molar-refractivity contribution in [2.24, 2.45) is 0 Å². The summed E-state index contributed by atoms with van der Waals surface area (Å²) in [5.41, 5.74) is 1.97. The van der Waals surface area contributed by atoms with Crippen molar-refractivity contribution in [3.8, 4) is 11.1 Å². The topological polar surface area (TPSA) is 30.2 Å². The molecule has 2 aromatic carbocycles. The molecular weight excluding hydrogens is 459 g/mol. The average Bonchev–Trinajstić information content (AvgIpc) is 2.90. The lowest BCUT2D eigenvalue weighted by atomic mass is 9.98. The quantitative estimate of drug-likeness (QED) is 0.161. The minimum Gasteiger partial charge on any atom is -0.427 e. The number of hydrogen-bond donors (Lipinski definition) is 0. The summed E-state index contributed by atoms with van der Waals surface area (Å²) < 4.78 is 20.9. The van der Waals surface area contributed by atoms with E-state index in [-0.39, 0.29) is 5.39 Å². The van der Waals surface area contributed by atoms with Crippen LogP contribution in [-0.4, -0.2) is 0 Å². The number of benzene rings is 2. The van der Waals surface area contributed by atoms with Crippen molar-refractivity contribution in [3.05, 3.63) is 70.0 Å². The second kappa shape index (κ2) is 16.4. The maximum Gasteiger partial charge on any atom is 0.346 e. The molecule has 202 valence electrons. The second-order valence-electron chi connectivity index (χ2n) is 10.7. The van der Waals surface area contributed by atoms with Crippen LogP contribution in [0.1, 0.15) is 121 Å². The standard InChI is InChI=1S/C34H47FO2/c1-3-5-7-9-11-12-13-14-16-18-27-20-22-28(23-21-27)31-25-24-29-26-30(19-17-15-10-8-6-4-2)37-34(36)32(29)33(31)35/h20-26H,3-19H2,1-2H3. The van der Waals surface area contributed by atoms with E-state index in [0.717, 1.165) is 31.2 Å². The maximum absolute atomic E-state index is 15.4. The van der Waals surface area contributed by atoms with Gasteiger partial charge in [0, 0.05) is 12.0 Å². The lowest BCUT2D eigenvalue weighted by Gasteiger charge is -2.09. The monoisotopic (exact) mass is 506 g/mol. The fourth-order valence-electron chi connectivity index (χ4n) is 5.21. The molecule has 3 rings (SSSR count). The second-order valence-corrected chi connectivity index (χ2v) is 10.7. The molecule has 37 heavy (non-hydrogen) atoms. The normalized spacial score (nSPS) is 11.4. The zero-order valence-electron chi connectivity index (χ0n) is 23.3. The number of rotatable bonds is 18. The largest absolute Gasteiger partial charge is 0.427 e. The minimum absolute atomic E-state index is 0.0583. The third kappa shape index (κ3) is 9.43. The summed E-state index contributed by atoms with van der Waals surface area (Å²) in [6.45, 7) is 4.47. The lowest BCUT2D eigenvalue weighted by molar-refractivity contribution is 0.453. The number of aryl methyl sites for hydroxylation is 2. The highest BCUT2D eigenvalue weighted by Gasteiger charge is 2.15. The summed E-state index contributed by atoms with van der Waals surface area (Å²) in [4.78, 5) is 12.7. The van der Waals surface area contributed by atoms with E-state index in [0.29, 0.717) is 16.7 Å². The minimum atomic E-state index is -0.570. The molecule has 0 aliphatic carbocycles. The van der Waals surface area contributed by atoms with E-state index < -0.39 is 11.4 Å². The van der Waals surface area contributed by atoms with Gasteiger partial charge in [0.05, 0.1) is 0 Å². The molecule has 0 saturated heterocycles. The summed E-state index contributed by atoms with van der Waals surface area (Å²) >= 11 is 0. The number of fused-ring (bicyclic) bond motifs is 1. The summed E-state index contributed by atoms with van der Waals surface area (Å²) in [5, 5.41) is 0.684. The Hall–Kier alpha value is -2.42. The third-order valence-corrected chi connectivity index (χ3v) is 7.53. The molecule has 2 nitrogen and oxygen atoms in total. The van der Waals surface area contributed by atoms with E-state index in [4.69, 9.17) is 4.42 Å². The SMILES string of the molecule is CCCCCCCCCCCc1ccc(-c2ccc3cc(CCCCCCCC)oc(=O)c3c2F)cc1. The van der Waals surface area contributed by atoms with Gasteiger partial charge < -0.3 is 4.42 Å². The highest BCUT2D eigenvalue weighted by Crippen LogP contribution is 2.29. The predicted molar refractivity (Wildman–Crippen MR) is 156 cm³/mol. The molecule has 0 radical (unpaired) electrons. The highest BCUT2D eigenvalue weighted by molar-refractivity contribution is 5.87. The predicted octanol–water partition coefficient (Wildman–Crippen LogP) is 10.6. The molecule has 3 heteroatoms. The van der Waals surface area contributed by atoms with Crippen LogP contribution in [0.5, 0.6) is 0 Å². The van der Waals surface area contributed by atoms with Crippen LogP contribution in [0.4, 0.5) is 4.39 Å². The zero-order valence-corrected chi connectivity index (χ0v) is 23.3. The van der Waals surface area contributed by atoms with E-state index in [2.05, 4.69) is 26.0 Å². The molecule has 3 aromatic rings. The molecule has 0 aliphatic rings. The lowest BCUT2D eigenvalue weighted by Crippen LogP contribution is -2.05. The van der Waals surface area contributed by atoms with Crippen LogP contribution in [0.2, 0.25) is 0 Å². The Morgan fingerprint density at radius 2 is 1.19 bits per heavy atom. The Morgan fingerprint density at radius 3 is 1.78 bits per heavy atom. The highest BCUT2D eigenvalue weighted by atomic mass is 19.1. The first kappa shape index (κ1) is 29.1.